The maximum absolute atomic E-state index is 12.8. The number of rotatable bonds is 2. The average Bonchev–Trinajstić information content (AvgIpc) is 2.57. The molecule has 3 rings (SSSR count). The molecule has 0 radical (unpaired) electrons. The van der Waals surface area contributed by atoms with Crippen LogP contribution in [0.3, 0.4) is 0 Å². The van der Waals surface area contributed by atoms with E-state index < -0.39 is 22.9 Å². The predicted molar refractivity (Wildman–Crippen MR) is 95.2 cm³/mol. The van der Waals surface area contributed by atoms with Crippen molar-refractivity contribution in [3.63, 3.8) is 0 Å². The lowest BCUT2D eigenvalue weighted by Gasteiger charge is -2.43. The van der Waals surface area contributed by atoms with Gasteiger partial charge in [0.1, 0.15) is 5.60 Å². The first-order valence-corrected chi connectivity index (χ1v) is 8.46. The number of nitrogens with zero attached hydrogens (tertiary/aromatic N) is 3. The van der Waals surface area contributed by atoms with Gasteiger partial charge < -0.3 is 10.0 Å². The number of aliphatic hydroxyl groups is 1. The van der Waals surface area contributed by atoms with Crippen molar-refractivity contribution in [2.45, 2.75) is 38.8 Å². The summed E-state index contributed by atoms with van der Waals surface area (Å²) in [6.07, 6.45) is 3.48. The highest BCUT2D eigenvalue weighted by Crippen LogP contribution is 2.31. The zero-order chi connectivity index (χ0) is 19.1. The van der Waals surface area contributed by atoms with Gasteiger partial charge in [-0.15, -0.1) is 0 Å². The summed E-state index contributed by atoms with van der Waals surface area (Å²) in [5.74, 6) is -0.195. The Morgan fingerprint density at radius 2 is 2.12 bits per heavy atom. The first-order valence-electron chi connectivity index (χ1n) is 8.46. The third-order valence-corrected chi connectivity index (χ3v) is 4.91. The van der Waals surface area contributed by atoms with Gasteiger partial charge in [0, 0.05) is 30.2 Å². The number of carbonyl (C=O) groups is 1. The van der Waals surface area contributed by atoms with Crippen molar-refractivity contribution in [2.75, 3.05) is 13.1 Å². The molecule has 0 bridgehead atoms. The summed E-state index contributed by atoms with van der Waals surface area (Å²) in [6, 6.07) is 2.87. The predicted octanol–water partition coefficient (Wildman–Crippen LogP) is 0.387. The Morgan fingerprint density at radius 3 is 2.77 bits per heavy atom. The number of aryl methyl sites for hydroxylation is 2. The first-order chi connectivity index (χ1) is 12.2. The van der Waals surface area contributed by atoms with Gasteiger partial charge in [0.05, 0.1) is 18.2 Å². The number of piperidine rings is 1. The molecule has 0 spiro atoms. The Labute approximate surface area is 150 Å². The van der Waals surface area contributed by atoms with Crippen molar-refractivity contribution >= 4 is 5.91 Å². The highest BCUT2D eigenvalue weighted by Gasteiger charge is 2.41. The van der Waals surface area contributed by atoms with Gasteiger partial charge in [0.15, 0.2) is 0 Å². The van der Waals surface area contributed by atoms with Gasteiger partial charge in [-0.25, -0.2) is 4.79 Å². The molecule has 2 aromatic rings. The van der Waals surface area contributed by atoms with Crippen LogP contribution in [-0.4, -0.2) is 49.1 Å². The molecule has 1 amide bonds. The number of amides is 1. The summed E-state index contributed by atoms with van der Waals surface area (Å²) < 4.78 is 1.36. The second-order valence-corrected chi connectivity index (χ2v) is 7.00. The molecule has 1 saturated heterocycles. The maximum Gasteiger partial charge on any atom is 0.328 e. The van der Waals surface area contributed by atoms with Gasteiger partial charge in [-0.05, 0) is 39.3 Å². The SMILES string of the molecule is Cc1ncccc1C(=O)N1CC[C@H](n2cc(C)c(=O)[nH]c2=O)[C@@](C)(O)C1. The lowest BCUT2D eigenvalue weighted by Crippen LogP contribution is -2.56. The molecule has 2 aromatic heterocycles. The molecule has 0 aromatic carbocycles. The van der Waals surface area contributed by atoms with Crippen LogP contribution < -0.4 is 11.2 Å². The van der Waals surface area contributed by atoms with Crippen molar-refractivity contribution in [1.82, 2.24) is 19.4 Å². The number of hydrogen-bond donors (Lipinski definition) is 2. The van der Waals surface area contributed by atoms with Crippen molar-refractivity contribution < 1.29 is 9.90 Å². The minimum absolute atomic E-state index is 0.0788. The van der Waals surface area contributed by atoms with Crippen LogP contribution in [0.2, 0.25) is 0 Å². The summed E-state index contributed by atoms with van der Waals surface area (Å²) in [5, 5.41) is 10.9. The summed E-state index contributed by atoms with van der Waals surface area (Å²) >= 11 is 0. The molecule has 8 heteroatoms. The molecule has 2 N–H and O–H groups in total. The quantitative estimate of drug-likeness (QED) is 0.807. The van der Waals surface area contributed by atoms with Gasteiger partial charge in [-0.2, -0.15) is 0 Å². The normalized spacial score (nSPS) is 23.1. The molecule has 3 heterocycles. The van der Waals surface area contributed by atoms with Crippen LogP contribution in [-0.2, 0) is 0 Å². The van der Waals surface area contributed by atoms with E-state index in [-0.39, 0.29) is 12.5 Å². The third kappa shape index (κ3) is 3.20. The minimum Gasteiger partial charge on any atom is -0.386 e. The average molecular weight is 358 g/mol. The fraction of sp³-hybridized carbons (Fsp3) is 0.444. The molecular formula is C18H22N4O4. The maximum atomic E-state index is 12.8. The zero-order valence-electron chi connectivity index (χ0n) is 15.0. The Hall–Kier alpha value is -2.74. The van der Waals surface area contributed by atoms with Crippen LogP contribution in [0.15, 0.2) is 34.1 Å². The van der Waals surface area contributed by atoms with Gasteiger partial charge in [-0.3, -0.25) is 24.1 Å². The van der Waals surface area contributed by atoms with Crippen LogP contribution in [0.5, 0.6) is 0 Å². The molecular weight excluding hydrogens is 336 g/mol. The van der Waals surface area contributed by atoms with E-state index in [0.717, 1.165) is 0 Å². The van der Waals surface area contributed by atoms with Crippen LogP contribution in [0.4, 0.5) is 0 Å². The van der Waals surface area contributed by atoms with Crippen LogP contribution in [0.1, 0.15) is 41.0 Å². The van der Waals surface area contributed by atoms with E-state index >= 15 is 0 Å². The summed E-state index contributed by atoms with van der Waals surface area (Å²) in [5.41, 5.74) is -0.798. The molecule has 2 atom stereocenters. The first kappa shape index (κ1) is 18.1. The van der Waals surface area contributed by atoms with Crippen molar-refractivity contribution in [3.05, 3.63) is 62.2 Å². The molecule has 0 aliphatic carbocycles. The fourth-order valence-electron chi connectivity index (χ4n) is 3.47. The lowest BCUT2D eigenvalue weighted by atomic mass is 9.88. The molecule has 0 unspecified atom stereocenters. The van der Waals surface area contributed by atoms with Crippen molar-refractivity contribution in [1.29, 1.82) is 0 Å². The number of hydrogen-bond acceptors (Lipinski definition) is 5. The molecule has 1 aliphatic heterocycles. The van der Waals surface area contributed by atoms with E-state index in [0.29, 0.717) is 29.8 Å². The van der Waals surface area contributed by atoms with Gasteiger partial charge in [0.2, 0.25) is 0 Å². The monoisotopic (exact) mass is 358 g/mol. The number of pyridine rings is 1. The van der Waals surface area contributed by atoms with E-state index in [1.165, 1.54) is 10.8 Å². The zero-order valence-corrected chi connectivity index (χ0v) is 15.0. The number of aromatic amines is 1. The molecule has 8 nitrogen and oxygen atoms in total. The standard InChI is InChI=1S/C18H22N4O4/c1-11-9-22(17(25)20-15(11)23)14-6-8-21(10-18(14,3)26)16(24)13-5-4-7-19-12(13)2/h4-5,7,9,14,26H,6,8,10H2,1-3H3,(H,20,23,25)/t14-,18-/m0/s1. The summed E-state index contributed by atoms with van der Waals surface area (Å²) in [4.78, 5) is 44.5. The van der Waals surface area contributed by atoms with E-state index in [1.54, 1.807) is 44.0 Å². The number of likely N-dealkylation sites (tertiary alicyclic amines) is 1. The van der Waals surface area contributed by atoms with E-state index in [2.05, 4.69) is 9.97 Å². The molecule has 26 heavy (non-hydrogen) atoms. The Bertz CT molecular complexity index is 960. The minimum atomic E-state index is -1.32. The van der Waals surface area contributed by atoms with E-state index in [1.807, 2.05) is 0 Å². The Balaban J connectivity index is 1.88. The van der Waals surface area contributed by atoms with Crippen LogP contribution in [0.25, 0.3) is 0 Å². The Kier molecular flexibility index (Phi) is 4.53. The Morgan fingerprint density at radius 1 is 1.38 bits per heavy atom. The van der Waals surface area contributed by atoms with Crippen LogP contribution >= 0.6 is 0 Å². The van der Waals surface area contributed by atoms with E-state index in [4.69, 9.17) is 0 Å². The smallest absolute Gasteiger partial charge is 0.328 e. The number of aromatic nitrogens is 3. The number of β-amino-alcohol motifs (C(OH)–C–C–N with tert-alkyl or cyclic N) is 1. The molecule has 138 valence electrons. The molecule has 1 aliphatic rings. The van der Waals surface area contributed by atoms with E-state index in [9.17, 15) is 19.5 Å². The highest BCUT2D eigenvalue weighted by atomic mass is 16.3. The topological polar surface area (TPSA) is 108 Å². The number of H-pyrrole nitrogens is 1. The van der Waals surface area contributed by atoms with Crippen molar-refractivity contribution in [3.8, 4) is 0 Å². The lowest BCUT2D eigenvalue weighted by molar-refractivity contribution is -0.0504. The number of carbonyl (C=O) groups excluding carboxylic acids is 1. The second kappa shape index (κ2) is 6.53. The van der Waals surface area contributed by atoms with Gasteiger partial charge in [0.25, 0.3) is 11.5 Å². The van der Waals surface area contributed by atoms with Gasteiger partial charge in [-0.1, -0.05) is 0 Å². The fourth-order valence-corrected chi connectivity index (χ4v) is 3.47. The third-order valence-electron chi connectivity index (χ3n) is 4.91. The summed E-state index contributed by atoms with van der Waals surface area (Å²) in [7, 11) is 0. The van der Waals surface area contributed by atoms with Crippen molar-refractivity contribution in [2.24, 2.45) is 0 Å². The summed E-state index contributed by atoms with van der Waals surface area (Å²) in [6.45, 7) is 5.43. The molecule has 0 saturated carbocycles. The molecule has 1 fully saturated rings. The highest BCUT2D eigenvalue weighted by molar-refractivity contribution is 5.95. The van der Waals surface area contributed by atoms with Crippen LogP contribution in [0, 0.1) is 13.8 Å². The largest absolute Gasteiger partial charge is 0.386 e. The number of nitrogens with one attached hydrogen (secondary N) is 1. The second-order valence-electron chi connectivity index (χ2n) is 7.00. The van der Waals surface area contributed by atoms with Gasteiger partial charge >= 0.3 is 5.69 Å².